The van der Waals surface area contributed by atoms with Gasteiger partial charge in [0.15, 0.2) is 5.82 Å². The summed E-state index contributed by atoms with van der Waals surface area (Å²) in [6.07, 6.45) is 10.8. The molecule has 0 radical (unpaired) electrons. The lowest BCUT2D eigenvalue weighted by Crippen LogP contribution is -2.33. The van der Waals surface area contributed by atoms with E-state index < -0.39 is 0 Å². The minimum absolute atomic E-state index is 0.0198. The Morgan fingerprint density at radius 1 is 1.20 bits per heavy atom. The predicted octanol–water partition coefficient (Wildman–Crippen LogP) is 2.78. The molecule has 0 unspecified atom stereocenters. The Kier molecular flexibility index (Phi) is 7.35. The van der Waals surface area contributed by atoms with Gasteiger partial charge in [0.05, 0.1) is 12.4 Å². The molecule has 1 atom stereocenters. The smallest absolute Gasteiger partial charge is 0.234 e. The van der Waals surface area contributed by atoms with Crippen molar-refractivity contribution in [2.24, 2.45) is 0 Å². The van der Waals surface area contributed by atoms with Crippen molar-refractivity contribution in [2.45, 2.75) is 25.5 Å². The van der Waals surface area contributed by atoms with Crippen LogP contribution >= 0.6 is 0 Å². The van der Waals surface area contributed by atoms with Crippen molar-refractivity contribution < 1.29 is 4.74 Å². The summed E-state index contributed by atoms with van der Waals surface area (Å²) in [7, 11) is 5.95. The molecule has 2 rings (SSSR count). The fraction of sp³-hybridized carbons (Fsp3) is 0.421. The van der Waals surface area contributed by atoms with Crippen LogP contribution in [0.3, 0.4) is 0 Å². The second-order valence-corrected chi connectivity index (χ2v) is 6.27. The summed E-state index contributed by atoms with van der Waals surface area (Å²) in [5, 5.41) is 0. The number of hydrogen-bond acceptors (Lipinski definition) is 6. The SMILES string of the molecule is C=CCC[C@@H](CN(C)Cc1cccnc1)Oc1cncc(N(C)C)n1. The molecule has 2 heterocycles. The fourth-order valence-electron chi connectivity index (χ4n) is 2.49. The minimum Gasteiger partial charge on any atom is -0.472 e. The first-order valence-electron chi connectivity index (χ1n) is 8.43. The molecular formula is C19H27N5O. The quantitative estimate of drug-likeness (QED) is 0.620. The highest BCUT2D eigenvalue weighted by Crippen LogP contribution is 2.16. The van der Waals surface area contributed by atoms with E-state index in [0.29, 0.717) is 5.88 Å². The molecule has 0 fully saturated rings. The number of aromatic nitrogens is 3. The van der Waals surface area contributed by atoms with Crippen LogP contribution in [0.15, 0.2) is 49.6 Å². The van der Waals surface area contributed by atoms with Gasteiger partial charge in [-0.15, -0.1) is 6.58 Å². The van der Waals surface area contributed by atoms with Crippen molar-refractivity contribution in [3.8, 4) is 5.88 Å². The van der Waals surface area contributed by atoms with Gasteiger partial charge in [0.25, 0.3) is 0 Å². The molecule has 0 aliphatic rings. The van der Waals surface area contributed by atoms with E-state index in [4.69, 9.17) is 4.74 Å². The zero-order valence-electron chi connectivity index (χ0n) is 15.3. The molecule has 0 bridgehead atoms. The summed E-state index contributed by atoms with van der Waals surface area (Å²) < 4.78 is 6.11. The Bertz CT molecular complexity index is 647. The van der Waals surface area contributed by atoms with Crippen molar-refractivity contribution >= 4 is 5.82 Å². The third-order valence-corrected chi connectivity index (χ3v) is 3.73. The molecule has 0 N–H and O–H groups in total. The summed E-state index contributed by atoms with van der Waals surface area (Å²) in [6.45, 7) is 5.42. The molecule has 0 amide bonds. The maximum atomic E-state index is 6.11. The van der Waals surface area contributed by atoms with Gasteiger partial charge in [-0.3, -0.25) is 14.9 Å². The van der Waals surface area contributed by atoms with E-state index in [1.54, 1.807) is 18.6 Å². The van der Waals surface area contributed by atoms with Gasteiger partial charge in [-0.25, -0.2) is 0 Å². The monoisotopic (exact) mass is 341 g/mol. The van der Waals surface area contributed by atoms with Crippen LogP contribution in [0.25, 0.3) is 0 Å². The highest BCUT2D eigenvalue weighted by molar-refractivity contribution is 5.35. The zero-order valence-corrected chi connectivity index (χ0v) is 15.3. The van der Waals surface area contributed by atoms with Crippen LogP contribution in [-0.4, -0.2) is 53.6 Å². The average Bonchev–Trinajstić information content (AvgIpc) is 2.60. The lowest BCUT2D eigenvalue weighted by Gasteiger charge is -2.24. The molecule has 25 heavy (non-hydrogen) atoms. The highest BCUT2D eigenvalue weighted by Gasteiger charge is 2.15. The number of anilines is 1. The van der Waals surface area contributed by atoms with E-state index in [-0.39, 0.29) is 6.10 Å². The van der Waals surface area contributed by atoms with Crippen LogP contribution in [-0.2, 0) is 6.54 Å². The number of pyridine rings is 1. The van der Waals surface area contributed by atoms with Crippen LogP contribution < -0.4 is 9.64 Å². The summed E-state index contributed by atoms with van der Waals surface area (Å²) in [5.41, 5.74) is 1.18. The van der Waals surface area contributed by atoms with Gasteiger partial charge in [-0.1, -0.05) is 12.1 Å². The summed E-state index contributed by atoms with van der Waals surface area (Å²) in [4.78, 5) is 17.0. The zero-order chi connectivity index (χ0) is 18.1. The van der Waals surface area contributed by atoms with Gasteiger partial charge in [0.1, 0.15) is 6.10 Å². The normalized spacial score (nSPS) is 12.0. The Balaban J connectivity index is 2.00. The topological polar surface area (TPSA) is 54.4 Å². The first kappa shape index (κ1) is 18.9. The number of likely N-dealkylation sites (N-methyl/N-ethyl adjacent to an activating group) is 1. The molecule has 2 aromatic heterocycles. The van der Waals surface area contributed by atoms with Gasteiger partial charge >= 0.3 is 0 Å². The molecule has 6 heteroatoms. The van der Waals surface area contributed by atoms with Gasteiger partial charge in [-0.2, -0.15) is 4.98 Å². The third kappa shape index (κ3) is 6.51. The highest BCUT2D eigenvalue weighted by atomic mass is 16.5. The molecule has 6 nitrogen and oxygen atoms in total. The molecule has 134 valence electrons. The lowest BCUT2D eigenvalue weighted by atomic mass is 10.1. The van der Waals surface area contributed by atoms with Gasteiger partial charge in [0.2, 0.25) is 5.88 Å². The van der Waals surface area contributed by atoms with Crippen molar-refractivity contribution in [1.29, 1.82) is 0 Å². The van der Waals surface area contributed by atoms with E-state index in [2.05, 4.69) is 39.5 Å². The maximum Gasteiger partial charge on any atom is 0.234 e. The fourth-order valence-corrected chi connectivity index (χ4v) is 2.49. The first-order valence-corrected chi connectivity index (χ1v) is 8.43. The van der Waals surface area contributed by atoms with Crippen molar-refractivity contribution in [3.63, 3.8) is 0 Å². The average molecular weight is 341 g/mol. The first-order chi connectivity index (χ1) is 12.1. The van der Waals surface area contributed by atoms with E-state index >= 15 is 0 Å². The molecule has 0 aromatic carbocycles. The van der Waals surface area contributed by atoms with Gasteiger partial charge in [-0.05, 0) is 31.5 Å². The van der Waals surface area contributed by atoms with Crippen molar-refractivity contribution in [1.82, 2.24) is 19.9 Å². The van der Waals surface area contributed by atoms with Crippen LogP contribution in [0.5, 0.6) is 5.88 Å². The Morgan fingerprint density at radius 2 is 2.04 bits per heavy atom. The second kappa shape index (κ2) is 9.74. The number of nitrogens with zero attached hydrogens (tertiary/aromatic N) is 5. The van der Waals surface area contributed by atoms with Crippen LogP contribution in [0, 0.1) is 0 Å². The Morgan fingerprint density at radius 3 is 2.72 bits per heavy atom. The summed E-state index contributed by atoms with van der Waals surface area (Å²) in [5.74, 6) is 1.33. The van der Waals surface area contributed by atoms with E-state index in [1.165, 1.54) is 5.56 Å². The molecule has 0 aliphatic carbocycles. The number of ether oxygens (including phenoxy) is 1. The standard InChI is InChI=1S/C19H27N5O/c1-5-6-9-17(15-24(4)14-16-8-7-10-20-11-16)25-19-13-21-12-18(22-19)23(2)3/h5,7-8,10-13,17H,1,6,9,14-15H2,2-4H3/t17-/m0/s1. The minimum atomic E-state index is 0.0198. The Labute approximate surface area is 150 Å². The lowest BCUT2D eigenvalue weighted by molar-refractivity contribution is 0.131. The molecular weight excluding hydrogens is 314 g/mol. The third-order valence-electron chi connectivity index (χ3n) is 3.73. The van der Waals surface area contributed by atoms with Crippen LogP contribution in [0.2, 0.25) is 0 Å². The number of hydrogen-bond donors (Lipinski definition) is 0. The molecule has 2 aromatic rings. The summed E-state index contributed by atoms with van der Waals surface area (Å²) in [6, 6.07) is 4.03. The molecule has 0 saturated carbocycles. The summed E-state index contributed by atoms with van der Waals surface area (Å²) >= 11 is 0. The van der Waals surface area contributed by atoms with Crippen LogP contribution in [0.1, 0.15) is 18.4 Å². The van der Waals surface area contributed by atoms with Gasteiger partial charge < -0.3 is 9.64 Å². The predicted molar refractivity (Wildman–Crippen MR) is 101 cm³/mol. The van der Waals surface area contributed by atoms with E-state index in [0.717, 1.165) is 31.7 Å². The van der Waals surface area contributed by atoms with Crippen LogP contribution in [0.4, 0.5) is 5.82 Å². The van der Waals surface area contributed by atoms with E-state index in [9.17, 15) is 0 Å². The molecule has 0 aliphatic heterocycles. The molecule has 0 saturated heterocycles. The van der Waals surface area contributed by atoms with Crippen molar-refractivity contribution in [2.75, 3.05) is 32.6 Å². The number of rotatable bonds is 10. The maximum absolute atomic E-state index is 6.11. The Hall–Kier alpha value is -2.47. The largest absolute Gasteiger partial charge is 0.472 e. The molecule has 0 spiro atoms. The van der Waals surface area contributed by atoms with E-state index in [1.807, 2.05) is 37.3 Å². The van der Waals surface area contributed by atoms with Gasteiger partial charge in [0, 0.05) is 39.6 Å². The second-order valence-electron chi connectivity index (χ2n) is 6.27. The number of allylic oxidation sites excluding steroid dienone is 1. The van der Waals surface area contributed by atoms with Crippen molar-refractivity contribution in [3.05, 3.63) is 55.1 Å².